The maximum absolute atomic E-state index is 11.7. The zero-order valence-corrected chi connectivity index (χ0v) is 11.8. The second-order valence-electron chi connectivity index (χ2n) is 3.25. The minimum atomic E-state index is -1.38. The fourth-order valence-corrected chi connectivity index (χ4v) is 1.84. The van der Waals surface area contributed by atoms with E-state index in [0.29, 0.717) is 10.0 Å². The molecule has 1 atom stereocenters. The van der Waals surface area contributed by atoms with E-state index in [2.05, 4.69) is 37.2 Å². The van der Waals surface area contributed by atoms with Crippen molar-refractivity contribution in [3.05, 3.63) is 32.7 Å². The van der Waals surface area contributed by atoms with Crippen molar-refractivity contribution in [2.45, 2.75) is 6.10 Å². The summed E-state index contributed by atoms with van der Waals surface area (Å²) in [7, 11) is 0. The van der Waals surface area contributed by atoms with Crippen LogP contribution < -0.4 is 11.1 Å². The molecule has 0 heterocycles. The lowest BCUT2D eigenvalue weighted by molar-refractivity contribution is -0.125. The monoisotopic (exact) mass is 364 g/mol. The third kappa shape index (κ3) is 4.10. The zero-order valence-electron chi connectivity index (χ0n) is 8.61. The fraction of sp³-hybridized carbons (Fsp3) is 0.200. The highest BCUT2D eigenvalue weighted by Crippen LogP contribution is 2.21. The van der Waals surface area contributed by atoms with E-state index in [1.165, 1.54) is 0 Å². The van der Waals surface area contributed by atoms with Gasteiger partial charge in [-0.25, -0.2) is 0 Å². The van der Waals surface area contributed by atoms with Gasteiger partial charge >= 0.3 is 0 Å². The van der Waals surface area contributed by atoms with E-state index in [4.69, 9.17) is 10.8 Å². The molecule has 0 saturated heterocycles. The van der Waals surface area contributed by atoms with Crippen molar-refractivity contribution in [3.63, 3.8) is 0 Å². The molecule has 0 aromatic heterocycles. The highest BCUT2D eigenvalue weighted by Gasteiger charge is 2.15. The van der Waals surface area contributed by atoms with Crippen LogP contribution in [0.2, 0.25) is 0 Å². The smallest absolute Gasteiger partial charge is 0.252 e. The second kappa shape index (κ2) is 6.13. The van der Waals surface area contributed by atoms with Gasteiger partial charge < -0.3 is 16.2 Å². The summed E-state index contributed by atoms with van der Waals surface area (Å²) in [5.74, 6) is -1.28. The third-order valence-electron chi connectivity index (χ3n) is 1.96. The molecule has 0 saturated carbocycles. The lowest BCUT2D eigenvalue weighted by atomic mass is 10.2. The number of nitrogens with one attached hydrogen (secondary N) is 1. The largest absolute Gasteiger partial charge is 0.381 e. The first-order valence-corrected chi connectivity index (χ1v) is 6.21. The zero-order chi connectivity index (χ0) is 13.0. The van der Waals surface area contributed by atoms with E-state index < -0.39 is 17.9 Å². The number of nitrogens with two attached hydrogens (primary N) is 1. The van der Waals surface area contributed by atoms with Gasteiger partial charge in [-0.15, -0.1) is 0 Å². The summed E-state index contributed by atoms with van der Waals surface area (Å²) >= 11 is 6.47. The molecule has 92 valence electrons. The first kappa shape index (κ1) is 14.1. The summed E-state index contributed by atoms with van der Waals surface area (Å²) in [6.45, 7) is -0.215. The van der Waals surface area contributed by atoms with E-state index >= 15 is 0 Å². The van der Waals surface area contributed by atoms with E-state index in [1.807, 2.05) is 0 Å². The Morgan fingerprint density at radius 1 is 1.41 bits per heavy atom. The SMILES string of the molecule is NC(=O)C(O)CNC(=O)c1cc(Br)ccc1Br. The van der Waals surface area contributed by atoms with Gasteiger partial charge in [0.05, 0.1) is 12.1 Å². The van der Waals surface area contributed by atoms with Crippen LogP contribution in [0.25, 0.3) is 0 Å². The van der Waals surface area contributed by atoms with Crippen LogP contribution in [0.4, 0.5) is 0 Å². The van der Waals surface area contributed by atoms with Gasteiger partial charge in [-0.1, -0.05) is 15.9 Å². The molecule has 1 aromatic carbocycles. The Balaban J connectivity index is 2.70. The van der Waals surface area contributed by atoms with Gasteiger partial charge in [-0.05, 0) is 34.1 Å². The Morgan fingerprint density at radius 2 is 2.06 bits per heavy atom. The molecule has 7 heteroatoms. The number of aliphatic hydroxyl groups excluding tert-OH is 1. The standard InChI is InChI=1S/C10H10Br2N2O3/c11-5-1-2-7(12)6(3-5)10(17)14-4-8(15)9(13)16/h1-3,8,15H,4H2,(H2,13,16)(H,14,17). The Morgan fingerprint density at radius 3 is 2.65 bits per heavy atom. The van der Waals surface area contributed by atoms with Gasteiger partial charge in [0.15, 0.2) is 0 Å². The number of rotatable bonds is 4. The third-order valence-corrected chi connectivity index (χ3v) is 3.14. The van der Waals surface area contributed by atoms with Crippen molar-refractivity contribution in [1.29, 1.82) is 0 Å². The molecule has 4 N–H and O–H groups in total. The van der Waals surface area contributed by atoms with Gasteiger partial charge in [0, 0.05) is 8.95 Å². The maximum atomic E-state index is 11.7. The maximum Gasteiger partial charge on any atom is 0.252 e. The molecular weight excluding hydrogens is 356 g/mol. The van der Waals surface area contributed by atoms with Crippen molar-refractivity contribution in [1.82, 2.24) is 5.32 Å². The Bertz CT molecular complexity index is 451. The number of benzene rings is 1. The summed E-state index contributed by atoms with van der Waals surface area (Å²) in [6.07, 6.45) is -1.38. The number of halogens is 2. The molecular formula is C10H10Br2N2O3. The lowest BCUT2D eigenvalue weighted by Crippen LogP contribution is -2.40. The molecule has 0 aliphatic heterocycles. The molecule has 17 heavy (non-hydrogen) atoms. The van der Waals surface area contributed by atoms with Gasteiger partial charge in [0.25, 0.3) is 5.91 Å². The molecule has 5 nitrogen and oxygen atoms in total. The lowest BCUT2D eigenvalue weighted by Gasteiger charge is -2.09. The molecule has 1 unspecified atom stereocenters. The van der Waals surface area contributed by atoms with Crippen LogP contribution in [0.5, 0.6) is 0 Å². The van der Waals surface area contributed by atoms with Gasteiger partial charge in [-0.3, -0.25) is 9.59 Å². The van der Waals surface area contributed by atoms with Crippen molar-refractivity contribution >= 4 is 43.7 Å². The first-order chi connectivity index (χ1) is 7.91. The number of carbonyl (C=O) groups excluding carboxylic acids is 2. The number of aliphatic hydroxyl groups is 1. The molecule has 0 spiro atoms. The van der Waals surface area contributed by atoms with Gasteiger partial charge in [0.1, 0.15) is 6.10 Å². The van der Waals surface area contributed by atoms with Crippen molar-refractivity contribution in [2.75, 3.05) is 6.54 Å². The van der Waals surface area contributed by atoms with Crippen LogP contribution in [0.15, 0.2) is 27.1 Å². The quantitative estimate of drug-likeness (QED) is 0.736. The van der Waals surface area contributed by atoms with E-state index in [-0.39, 0.29) is 6.54 Å². The second-order valence-corrected chi connectivity index (χ2v) is 5.02. The average molecular weight is 366 g/mol. The van der Waals surface area contributed by atoms with Crippen molar-refractivity contribution in [2.24, 2.45) is 5.73 Å². The topological polar surface area (TPSA) is 92.4 Å². The predicted molar refractivity (Wildman–Crippen MR) is 69.4 cm³/mol. The molecule has 0 radical (unpaired) electrons. The number of hydrogen-bond donors (Lipinski definition) is 3. The number of carbonyl (C=O) groups is 2. The van der Waals surface area contributed by atoms with Crippen LogP contribution in [-0.4, -0.2) is 29.6 Å². The van der Waals surface area contributed by atoms with E-state index in [1.54, 1.807) is 18.2 Å². The first-order valence-electron chi connectivity index (χ1n) is 4.62. The summed E-state index contributed by atoms with van der Waals surface area (Å²) in [5.41, 5.74) is 5.26. The van der Waals surface area contributed by atoms with Crippen LogP contribution in [0, 0.1) is 0 Å². The summed E-state index contributed by atoms with van der Waals surface area (Å²) in [6, 6.07) is 5.11. The molecule has 0 fully saturated rings. The van der Waals surface area contributed by atoms with Crippen LogP contribution in [0.1, 0.15) is 10.4 Å². The predicted octanol–water partition coefficient (Wildman–Crippen LogP) is 0.788. The van der Waals surface area contributed by atoms with Crippen molar-refractivity contribution < 1.29 is 14.7 Å². The highest BCUT2D eigenvalue weighted by molar-refractivity contribution is 9.11. The van der Waals surface area contributed by atoms with Crippen molar-refractivity contribution in [3.8, 4) is 0 Å². The average Bonchev–Trinajstić information content (AvgIpc) is 2.28. The molecule has 1 aromatic rings. The van der Waals surface area contributed by atoms with Crippen LogP contribution >= 0.6 is 31.9 Å². The fourth-order valence-electron chi connectivity index (χ4n) is 1.06. The van der Waals surface area contributed by atoms with E-state index in [9.17, 15) is 9.59 Å². The van der Waals surface area contributed by atoms with Gasteiger partial charge in [-0.2, -0.15) is 0 Å². The molecule has 0 bridgehead atoms. The Hall–Kier alpha value is -0.920. The minimum absolute atomic E-state index is 0.215. The van der Waals surface area contributed by atoms with Gasteiger partial charge in [0.2, 0.25) is 5.91 Å². The summed E-state index contributed by atoms with van der Waals surface area (Å²) < 4.78 is 1.37. The highest BCUT2D eigenvalue weighted by atomic mass is 79.9. The molecule has 2 amide bonds. The number of hydrogen-bond acceptors (Lipinski definition) is 3. The molecule has 0 aliphatic rings. The molecule has 1 rings (SSSR count). The number of primary amides is 1. The molecule has 0 aliphatic carbocycles. The van der Waals surface area contributed by atoms with E-state index in [0.717, 1.165) is 4.47 Å². The Kier molecular flexibility index (Phi) is 5.10. The minimum Gasteiger partial charge on any atom is -0.381 e. The normalized spacial score (nSPS) is 11.9. The van der Waals surface area contributed by atoms with Crippen LogP contribution in [-0.2, 0) is 4.79 Å². The summed E-state index contributed by atoms with van der Waals surface area (Å²) in [4.78, 5) is 22.3. The van der Waals surface area contributed by atoms with Crippen LogP contribution in [0.3, 0.4) is 0 Å². The Labute approximate surface area is 115 Å². The number of amides is 2. The summed E-state index contributed by atoms with van der Waals surface area (Å²) in [5, 5.41) is 11.5.